The number of hydrogen-bond acceptors (Lipinski definition) is 2. The Labute approximate surface area is 112 Å². The Kier molecular flexibility index (Phi) is 5.99. The minimum atomic E-state index is -0.521. The molecule has 1 rings (SSSR count). The van der Waals surface area contributed by atoms with Crippen LogP contribution in [0, 0.1) is 11.7 Å². The van der Waals surface area contributed by atoms with Crippen molar-refractivity contribution in [3.63, 3.8) is 0 Å². The summed E-state index contributed by atoms with van der Waals surface area (Å²) < 4.78 is 13.3. The summed E-state index contributed by atoms with van der Waals surface area (Å²) in [6, 6.07) is 5.84. The van der Waals surface area contributed by atoms with Crippen LogP contribution in [0.1, 0.15) is 26.7 Å². The van der Waals surface area contributed by atoms with E-state index in [0.717, 1.165) is 6.42 Å². The van der Waals surface area contributed by atoms with Crippen molar-refractivity contribution in [3.8, 4) is 0 Å². The van der Waals surface area contributed by atoms with Gasteiger partial charge in [0.15, 0.2) is 0 Å². The highest BCUT2D eigenvalue weighted by Crippen LogP contribution is 2.12. The zero-order valence-corrected chi connectivity index (χ0v) is 11.2. The predicted octanol–water partition coefficient (Wildman–Crippen LogP) is 2.32. The monoisotopic (exact) mass is 266 g/mol. The van der Waals surface area contributed by atoms with Crippen LogP contribution in [0.4, 0.5) is 10.1 Å². The Morgan fingerprint density at radius 2 is 1.89 bits per heavy atom. The fourth-order valence-electron chi connectivity index (χ4n) is 1.47. The van der Waals surface area contributed by atoms with Crippen molar-refractivity contribution >= 4 is 17.5 Å². The number of nitrogens with one attached hydrogen (secondary N) is 2. The number of para-hydroxylation sites is 1. The first-order valence-electron chi connectivity index (χ1n) is 6.30. The van der Waals surface area contributed by atoms with Gasteiger partial charge in [0.2, 0.25) is 11.8 Å². The van der Waals surface area contributed by atoms with Crippen LogP contribution >= 0.6 is 0 Å². The summed E-state index contributed by atoms with van der Waals surface area (Å²) in [4.78, 5) is 23.0. The van der Waals surface area contributed by atoms with Gasteiger partial charge in [-0.2, -0.15) is 0 Å². The van der Waals surface area contributed by atoms with E-state index < -0.39 is 11.7 Å². The lowest BCUT2D eigenvalue weighted by Crippen LogP contribution is -2.29. The van der Waals surface area contributed by atoms with Crippen molar-refractivity contribution in [2.24, 2.45) is 5.92 Å². The van der Waals surface area contributed by atoms with Gasteiger partial charge in [-0.25, -0.2) is 4.39 Å². The third-order valence-corrected chi connectivity index (χ3v) is 2.51. The van der Waals surface area contributed by atoms with Crippen molar-refractivity contribution < 1.29 is 14.0 Å². The van der Waals surface area contributed by atoms with Gasteiger partial charge in [-0.05, 0) is 24.5 Å². The molecule has 4 nitrogen and oxygen atoms in total. The zero-order valence-electron chi connectivity index (χ0n) is 11.2. The summed E-state index contributed by atoms with van der Waals surface area (Å²) in [5, 5.41) is 5.02. The van der Waals surface area contributed by atoms with Crippen LogP contribution in [0.25, 0.3) is 0 Å². The van der Waals surface area contributed by atoms with E-state index in [1.165, 1.54) is 18.2 Å². The average molecular weight is 266 g/mol. The second kappa shape index (κ2) is 7.51. The predicted molar refractivity (Wildman–Crippen MR) is 72.1 cm³/mol. The van der Waals surface area contributed by atoms with Gasteiger partial charge < -0.3 is 10.6 Å². The molecule has 0 saturated carbocycles. The van der Waals surface area contributed by atoms with Crippen molar-refractivity contribution in [3.05, 3.63) is 30.1 Å². The molecule has 2 amide bonds. The largest absolute Gasteiger partial charge is 0.356 e. The highest BCUT2D eigenvalue weighted by Gasteiger charge is 2.11. The van der Waals surface area contributed by atoms with Crippen LogP contribution < -0.4 is 10.6 Å². The molecule has 19 heavy (non-hydrogen) atoms. The summed E-state index contributed by atoms with van der Waals surface area (Å²) in [5.41, 5.74) is 0.0856. The minimum absolute atomic E-state index is 0.0856. The first-order chi connectivity index (χ1) is 8.99. The SMILES string of the molecule is CC(C)CCNC(=O)CC(=O)Nc1ccccc1F. The minimum Gasteiger partial charge on any atom is -0.356 e. The molecule has 0 fully saturated rings. The lowest BCUT2D eigenvalue weighted by atomic mass is 10.1. The van der Waals surface area contributed by atoms with Gasteiger partial charge in [-0.3, -0.25) is 9.59 Å². The molecule has 104 valence electrons. The molecule has 0 aromatic heterocycles. The second-order valence-electron chi connectivity index (χ2n) is 4.74. The topological polar surface area (TPSA) is 58.2 Å². The van der Waals surface area contributed by atoms with Gasteiger partial charge in [0.25, 0.3) is 0 Å². The summed E-state index contributed by atoms with van der Waals surface area (Å²) in [7, 11) is 0. The normalized spacial score (nSPS) is 10.3. The van der Waals surface area contributed by atoms with Crippen molar-refractivity contribution in [2.75, 3.05) is 11.9 Å². The maximum atomic E-state index is 13.3. The summed E-state index contributed by atoms with van der Waals surface area (Å²) in [6.07, 6.45) is 0.563. The first-order valence-corrected chi connectivity index (χ1v) is 6.30. The van der Waals surface area contributed by atoms with Gasteiger partial charge >= 0.3 is 0 Å². The molecule has 0 heterocycles. The third-order valence-electron chi connectivity index (χ3n) is 2.51. The standard InChI is InChI=1S/C14H19FN2O2/c1-10(2)7-8-16-13(18)9-14(19)17-12-6-4-3-5-11(12)15/h3-6,10H,7-9H2,1-2H3,(H,16,18)(H,17,19). The molecule has 0 atom stereocenters. The number of rotatable bonds is 6. The number of halogens is 1. The molecule has 5 heteroatoms. The summed E-state index contributed by atoms with van der Waals surface area (Å²) >= 11 is 0. The average Bonchev–Trinajstić information content (AvgIpc) is 2.31. The molecule has 0 saturated heterocycles. The molecule has 0 aliphatic heterocycles. The summed E-state index contributed by atoms with van der Waals surface area (Å²) in [6.45, 7) is 4.65. The molecule has 1 aromatic carbocycles. The Balaban J connectivity index is 2.35. The fourth-order valence-corrected chi connectivity index (χ4v) is 1.47. The van der Waals surface area contributed by atoms with Crippen LogP contribution in [0.5, 0.6) is 0 Å². The maximum absolute atomic E-state index is 13.3. The molecule has 2 N–H and O–H groups in total. The molecule has 0 unspecified atom stereocenters. The molecule has 0 radical (unpaired) electrons. The molecule has 0 bridgehead atoms. The Morgan fingerprint density at radius 1 is 1.21 bits per heavy atom. The quantitative estimate of drug-likeness (QED) is 0.776. The third kappa shape index (κ3) is 5.99. The van der Waals surface area contributed by atoms with Crippen LogP contribution in [0.15, 0.2) is 24.3 Å². The molecule has 0 aliphatic rings. The Hall–Kier alpha value is -1.91. The number of hydrogen-bond donors (Lipinski definition) is 2. The van der Waals surface area contributed by atoms with E-state index in [9.17, 15) is 14.0 Å². The van der Waals surface area contributed by atoms with E-state index in [0.29, 0.717) is 12.5 Å². The number of carbonyl (C=O) groups is 2. The number of benzene rings is 1. The van der Waals surface area contributed by atoms with E-state index in [4.69, 9.17) is 0 Å². The Morgan fingerprint density at radius 3 is 2.53 bits per heavy atom. The van der Waals surface area contributed by atoms with E-state index in [1.807, 2.05) is 0 Å². The van der Waals surface area contributed by atoms with E-state index in [1.54, 1.807) is 6.07 Å². The van der Waals surface area contributed by atoms with Crippen molar-refractivity contribution in [1.29, 1.82) is 0 Å². The number of anilines is 1. The van der Waals surface area contributed by atoms with Crippen LogP contribution in [0.3, 0.4) is 0 Å². The molecular weight excluding hydrogens is 247 g/mol. The van der Waals surface area contributed by atoms with Crippen molar-refractivity contribution in [1.82, 2.24) is 5.32 Å². The van der Waals surface area contributed by atoms with Gasteiger partial charge in [0.05, 0.1) is 5.69 Å². The molecule has 0 aliphatic carbocycles. The van der Waals surface area contributed by atoms with Gasteiger partial charge in [-0.15, -0.1) is 0 Å². The van der Waals surface area contributed by atoms with E-state index >= 15 is 0 Å². The van der Waals surface area contributed by atoms with E-state index in [2.05, 4.69) is 24.5 Å². The van der Waals surface area contributed by atoms with E-state index in [-0.39, 0.29) is 18.0 Å². The zero-order chi connectivity index (χ0) is 14.3. The smallest absolute Gasteiger partial charge is 0.233 e. The second-order valence-corrected chi connectivity index (χ2v) is 4.74. The fraction of sp³-hybridized carbons (Fsp3) is 0.429. The maximum Gasteiger partial charge on any atom is 0.233 e. The van der Waals surface area contributed by atoms with Gasteiger partial charge in [-0.1, -0.05) is 26.0 Å². The van der Waals surface area contributed by atoms with Crippen LogP contribution in [-0.2, 0) is 9.59 Å². The molecule has 0 spiro atoms. The molecular formula is C14H19FN2O2. The Bertz CT molecular complexity index is 447. The van der Waals surface area contributed by atoms with Crippen LogP contribution in [0.2, 0.25) is 0 Å². The highest BCUT2D eigenvalue weighted by molar-refractivity contribution is 6.03. The lowest BCUT2D eigenvalue weighted by molar-refractivity contribution is -0.126. The first kappa shape index (κ1) is 15.1. The molecule has 1 aromatic rings. The highest BCUT2D eigenvalue weighted by atomic mass is 19.1. The van der Waals surface area contributed by atoms with Gasteiger partial charge in [0, 0.05) is 6.54 Å². The number of carbonyl (C=O) groups excluding carboxylic acids is 2. The lowest BCUT2D eigenvalue weighted by Gasteiger charge is -2.08. The van der Waals surface area contributed by atoms with Gasteiger partial charge in [0.1, 0.15) is 12.2 Å². The van der Waals surface area contributed by atoms with Crippen LogP contribution in [-0.4, -0.2) is 18.4 Å². The number of amides is 2. The summed E-state index contributed by atoms with van der Waals surface area (Å²) in [5.74, 6) is -0.898. The van der Waals surface area contributed by atoms with Crippen molar-refractivity contribution in [2.45, 2.75) is 26.7 Å².